The van der Waals surface area contributed by atoms with Crippen LogP contribution in [-0.4, -0.2) is 35.6 Å². The topological polar surface area (TPSA) is 151 Å². The molecule has 0 amide bonds. The lowest BCUT2D eigenvalue weighted by Crippen LogP contribution is -2.10. The first-order valence-electron chi connectivity index (χ1n) is 9.38. The van der Waals surface area contributed by atoms with Gasteiger partial charge in [-0.15, -0.1) is 15.3 Å². The molecule has 11 heteroatoms. The van der Waals surface area contributed by atoms with E-state index in [1.54, 1.807) is 30.5 Å². The molecule has 3 aromatic heterocycles. The Labute approximate surface area is 179 Å². The van der Waals surface area contributed by atoms with Crippen molar-refractivity contribution in [1.29, 1.82) is 5.26 Å². The number of H-pyrrole nitrogens is 1. The van der Waals surface area contributed by atoms with E-state index in [0.717, 1.165) is 5.56 Å². The van der Waals surface area contributed by atoms with Gasteiger partial charge >= 0.3 is 5.63 Å². The highest BCUT2D eigenvalue weighted by Gasteiger charge is 2.12. The van der Waals surface area contributed by atoms with Crippen LogP contribution in [0.1, 0.15) is 5.82 Å². The molecule has 0 aliphatic heterocycles. The predicted octanol–water partition coefficient (Wildman–Crippen LogP) is 2.53. The van der Waals surface area contributed by atoms with Crippen LogP contribution < -0.4 is 10.9 Å². The van der Waals surface area contributed by atoms with Gasteiger partial charge in [-0.2, -0.15) is 10.5 Å². The van der Waals surface area contributed by atoms with Crippen molar-refractivity contribution in [2.75, 3.05) is 5.32 Å². The molecular formula is C21H13N9O2. The standard InChI is InChI=1S/C21H13N9O2/c22-10-15(20-25-27-28-26-20)11-23-16-7-6-14-8-18(21(31)32-19(14)9-16)30-12-17(24-29-30)13-4-2-1-3-5-13/h1-9,11-12,23H,(H,25,26,27,28). The zero-order chi connectivity index (χ0) is 21.9. The summed E-state index contributed by atoms with van der Waals surface area (Å²) in [4.78, 5) is 12.6. The first-order chi connectivity index (χ1) is 15.7. The van der Waals surface area contributed by atoms with Crippen molar-refractivity contribution in [3.8, 4) is 23.0 Å². The maximum Gasteiger partial charge on any atom is 0.362 e. The van der Waals surface area contributed by atoms with Gasteiger partial charge < -0.3 is 9.73 Å². The number of nitrogens with zero attached hydrogens (tertiary/aromatic N) is 7. The van der Waals surface area contributed by atoms with Gasteiger partial charge in [-0.25, -0.2) is 9.48 Å². The third-order valence-electron chi connectivity index (χ3n) is 4.62. The number of aromatic amines is 1. The molecule has 11 nitrogen and oxygen atoms in total. The number of benzene rings is 2. The Kier molecular flexibility index (Phi) is 4.70. The number of aromatic nitrogens is 7. The minimum atomic E-state index is -0.556. The van der Waals surface area contributed by atoms with Crippen LogP contribution >= 0.6 is 0 Å². The number of allylic oxidation sites excluding steroid dienone is 1. The fourth-order valence-corrected chi connectivity index (χ4v) is 3.05. The predicted molar refractivity (Wildman–Crippen MR) is 114 cm³/mol. The molecule has 5 aromatic rings. The number of rotatable bonds is 5. The fraction of sp³-hybridized carbons (Fsp3) is 0. The Balaban J connectivity index is 1.45. The molecule has 0 atom stereocenters. The average Bonchev–Trinajstić information content (AvgIpc) is 3.52. The van der Waals surface area contributed by atoms with Gasteiger partial charge in [0.15, 0.2) is 5.69 Å². The van der Waals surface area contributed by atoms with Gasteiger partial charge in [0, 0.05) is 28.9 Å². The molecule has 2 N–H and O–H groups in total. The molecular weight excluding hydrogens is 410 g/mol. The molecule has 0 radical (unpaired) electrons. The van der Waals surface area contributed by atoms with Crippen LogP contribution in [0.5, 0.6) is 0 Å². The molecule has 2 aromatic carbocycles. The molecule has 0 fully saturated rings. The number of hydrogen-bond acceptors (Lipinski definition) is 9. The maximum atomic E-state index is 12.6. The number of nitriles is 1. The van der Waals surface area contributed by atoms with Gasteiger partial charge in [0.1, 0.15) is 22.9 Å². The normalized spacial score (nSPS) is 11.4. The van der Waals surface area contributed by atoms with E-state index in [2.05, 4.69) is 36.3 Å². The number of tetrazole rings is 1. The van der Waals surface area contributed by atoms with E-state index in [1.807, 2.05) is 36.4 Å². The fourth-order valence-electron chi connectivity index (χ4n) is 3.05. The van der Waals surface area contributed by atoms with Gasteiger partial charge in [0.25, 0.3) is 0 Å². The Morgan fingerprint density at radius 2 is 2.03 bits per heavy atom. The van der Waals surface area contributed by atoms with E-state index in [4.69, 9.17) is 4.42 Å². The lowest BCUT2D eigenvalue weighted by molar-refractivity contribution is 0.551. The van der Waals surface area contributed by atoms with Crippen molar-refractivity contribution in [2.24, 2.45) is 0 Å². The molecule has 0 spiro atoms. The quantitative estimate of drug-likeness (QED) is 0.321. The Morgan fingerprint density at radius 1 is 1.16 bits per heavy atom. The van der Waals surface area contributed by atoms with Gasteiger partial charge in [0.2, 0.25) is 5.82 Å². The zero-order valence-electron chi connectivity index (χ0n) is 16.3. The second-order valence-corrected chi connectivity index (χ2v) is 6.64. The summed E-state index contributed by atoms with van der Waals surface area (Å²) in [6.45, 7) is 0. The molecule has 3 heterocycles. The van der Waals surface area contributed by atoms with E-state index in [9.17, 15) is 10.1 Å². The Morgan fingerprint density at radius 3 is 2.81 bits per heavy atom. The summed E-state index contributed by atoms with van der Waals surface area (Å²) >= 11 is 0. The first kappa shape index (κ1) is 18.9. The largest absolute Gasteiger partial charge is 0.421 e. The number of hydrogen-bond donors (Lipinski definition) is 2. The molecule has 0 aliphatic carbocycles. The van der Waals surface area contributed by atoms with E-state index < -0.39 is 5.63 Å². The second-order valence-electron chi connectivity index (χ2n) is 6.64. The van der Waals surface area contributed by atoms with E-state index in [0.29, 0.717) is 22.4 Å². The lowest BCUT2D eigenvalue weighted by Gasteiger charge is -2.05. The van der Waals surface area contributed by atoms with Crippen molar-refractivity contribution >= 4 is 22.2 Å². The summed E-state index contributed by atoms with van der Waals surface area (Å²) in [6, 6.07) is 18.4. The van der Waals surface area contributed by atoms with Crippen molar-refractivity contribution in [3.05, 3.63) is 83.2 Å². The third-order valence-corrected chi connectivity index (χ3v) is 4.62. The molecule has 154 valence electrons. The van der Waals surface area contributed by atoms with Crippen molar-refractivity contribution < 1.29 is 4.42 Å². The van der Waals surface area contributed by atoms with Crippen LogP contribution in [0.3, 0.4) is 0 Å². The Bertz CT molecular complexity index is 1530. The summed E-state index contributed by atoms with van der Waals surface area (Å²) in [5.74, 6) is 0.166. The van der Waals surface area contributed by atoms with Gasteiger partial charge in [-0.05, 0) is 23.4 Å². The first-order valence-corrected chi connectivity index (χ1v) is 9.38. The van der Waals surface area contributed by atoms with Gasteiger partial charge in [0.05, 0.1) is 6.20 Å². The highest BCUT2D eigenvalue weighted by Crippen LogP contribution is 2.22. The minimum absolute atomic E-state index is 0.166. The molecule has 5 rings (SSSR count). The number of anilines is 1. The number of fused-ring (bicyclic) bond motifs is 1. The smallest absolute Gasteiger partial charge is 0.362 e. The summed E-state index contributed by atoms with van der Waals surface area (Å²) in [5, 5.41) is 34.4. The molecule has 0 aliphatic rings. The molecule has 0 saturated heterocycles. The molecule has 32 heavy (non-hydrogen) atoms. The van der Waals surface area contributed by atoms with Crippen LogP contribution in [0, 0.1) is 11.3 Å². The minimum Gasteiger partial charge on any atom is -0.421 e. The monoisotopic (exact) mass is 423 g/mol. The molecule has 0 saturated carbocycles. The molecule has 0 unspecified atom stereocenters. The van der Waals surface area contributed by atoms with Crippen molar-refractivity contribution in [3.63, 3.8) is 0 Å². The highest BCUT2D eigenvalue weighted by molar-refractivity contribution is 5.83. The molecule has 0 bridgehead atoms. The lowest BCUT2D eigenvalue weighted by atomic mass is 10.2. The zero-order valence-corrected chi connectivity index (χ0v) is 16.3. The Hall–Kier alpha value is -5.11. The van der Waals surface area contributed by atoms with Gasteiger partial charge in [-0.1, -0.05) is 35.5 Å². The average molecular weight is 423 g/mol. The van der Waals surface area contributed by atoms with Crippen molar-refractivity contribution in [2.45, 2.75) is 0 Å². The van der Waals surface area contributed by atoms with Crippen LogP contribution in [0.25, 0.3) is 33.5 Å². The second kappa shape index (κ2) is 7.96. The maximum absolute atomic E-state index is 12.6. The van der Waals surface area contributed by atoms with E-state index in [1.165, 1.54) is 10.9 Å². The highest BCUT2D eigenvalue weighted by atomic mass is 16.4. The third kappa shape index (κ3) is 3.59. The van der Waals surface area contributed by atoms with Crippen LogP contribution in [0.4, 0.5) is 5.69 Å². The summed E-state index contributed by atoms with van der Waals surface area (Å²) in [7, 11) is 0. The SMILES string of the molecule is N#CC(=CNc1ccc2cc(-n3cc(-c4ccccc4)nn3)c(=O)oc2c1)c1nn[nH]n1. The van der Waals surface area contributed by atoms with Crippen LogP contribution in [-0.2, 0) is 0 Å². The number of nitrogens with one attached hydrogen (secondary N) is 2. The summed E-state index contributed by atoms with van der Waals surface area (Å²) < 4.78 is 6.89. The van der Waals surface area contributed by atoms with E-state index in [-0.39, 0.29) is 17.1 Å². The van der Waals surface area contributed by atoms with Gasteiger partial charge in [-0.3, -0.25) is 0 Å². The van der Waals surface area contributed by atoms with E-state index >= 15 is 0 Å². The summed E-state index contributed by atoms with van der Waals surface area (Å²) in [6.07, 6.45) is 3.12. The summed E-state index contributed by atoms with van der Waals surface area (Å²) in [5.41, 5.74) is 2.40. The van der Waals surface area contributed by atoms with Crippen molar-refractivity contribution in [1.82, 2.24) is 35.6 Å². The van der Waals surface area contributed by atoms with Crippen LogP contribution in [0.2, 0.25) is 0 Å². The van der Waals surface area contributed by atoms with Crippen LogP contribution in [0.15, 0.2) is 76.2 Å².